The molecule has 0 aliphatic heterocycles. The molecule has 1 aromatic heterocycles. The lowest BCUT2D eigenvalue weighted by atomic mass is 10.0. The van der Waals surface area contributed by atoms with Crippen molar-refractivity contribution in [3.63, 3.8) is 0 Å². The lowest BCUT2D eigenvalue weighted by Gasteiger charge is -2.25. The predicted octanol–water partition coefficient (Wildman–Crippen LogP) is 2.77. The number of hydrogen-bond acceptors (Lipinski definition) is 2. The number of likely N-dealkylation sites (N-methyl/N-ethyl adjacent to an activating group) is 1. The van der Waals surface area contributed by atoms with E-state index in [0.717, 1.165) is 18.7 Å². The molecule has 0 amide bonds. The number of rotatable bonds is 6. The van der Waals surface area contributed by atoms with Crippen LogP contribution in [0.25, 0.3) is 0 Å². The minimum atomic E-state index is 0.464. The average Bonchev–Trinajstić information content (AvgIpc) is 2.62. The number of alkyl halides is 1. The minimum Gasteiger partial charge on any atom is -0.329 e. The quantitative estimate of drug-likeness (QED) is 0.717. The highest BCUT2D eigenvalue weighted by molar-refractivity contribution is 6.16. The van der Waals surface area contributed by atoms with E-state index in [0.29, 0.717) is 17.8 Å². The van der Waals surface area contributed by atoms with Crippen LogP contribution in [0, 0.1) is 5.92 Å². The summed E-state index contributed by atoms with van der Waals surface area (Å²) < 4.78 is 2.22. The first kappa shape index (κ1) is 13.5. The van der Waals surface area contributed by atoms with Gasteiger partial charge >= 0.3 is 0 Å². The Bertz CT molecular complexity index is 297. The van der Waals surface area contributed by atoms with Gasteiger partial charge in [-0.25, -0.2) is 4.98 Å². The molecule has 0 N–H and O–H groups in total. The maximum absolute atomic E-state index is 5.92. The van der Waals surface area contributed by atoms with Crippen LogP contribution in [0.3, 0.4) is 0 Å². The summed E-state index contributed by atoms with van der Waals surface area (Å²) in [5, 5.41) is 0. The molecule has 4 heteroatoms. The molecule has 0 radical (unpaired) electrons. The highest BCUT2D eigenvalue weighted by atomic mass is 35.5. The van der Waals surface area contributed by atoms with E-state index in [9.17, 15) is 0 Å². The van der Waals surface area contributed by atoms with E-state index in [1.54, 1.807) is 0 Å². The lowest BCUT2D eigenvalue weighted by molar-refractivity contribution is 0.285. The number of halogens is 1. The van der Waals surface area contributed by atoms with E-state index in [2.05, 4.69) is 42.4 Å². The molecular formula is C12H22ClN3. The van der Waals surface area contributed by atoms with Gasteiger partial charge in [-0.05, 0) is 26.4 Å². The Balaban J connectivity index is 2.82. The normalized spacial score (nSPS) is 13.7. The summed E-state index contributed by atoms with van der Waals surface area (Å²) in [5.74, 6) is 1.21. The number of imidazole rings is 1. The molecule has 0 bridgehead atoms. The lowest BCUT2D eigenvalue weighted by Crippen LogP contribution is -2.26. The molecule has 0 saturated carbocycles. The van der Waals surface area contributed by atoms with Crippen molar-refractivity contribution in [2.75, 3.05) is 20.6 Å². The topological polar surface area (TPSA) is 21.1 Å². The highest BCUT2D eigenvalue weighted by Gasteiger charge is 2.16. The van der Waals surface area contributed by atoms with Gasteiger partial charge in [0.15, 0.2) is 0 Å². The molecule has 0 fully saturated rings. The maximum Gasteiger partial charge on any atom is 0.0951 e. The van der Waals surface area contributed by atoms with Gasteiger partial charge < -0.3 is 9.47 Å². The summed E-state index contributed by atoms with van der Waals surface area (Å²) in [6.45, 7) is 5.53. The molecule has 0 aliphatic carbocycles. The van der Waals surface area contributed by atoms with Crippen molar-refractivity contribution in [3.8, 4) is 0 Å². The largest absolute Gasteiger partial charge is 0.329 e. The van der Waals surface area contributed by atoms with Crippen LogP contribution in [-0.4, -0.2) is 35.1 Å². The van der Waals surface area contributed by atoms with Crippen molar-refractivity contribution in [3.05, 3.63) is 18.2 Å². The van der Waals surface area contributed by atoms with Gasteiger partial charge in [-0.2, -0.15) is 0 Å². The van der Waals surface area contributed by atoms with Crippen molar-refractivity contribution in [1.29, 1.82) is 0 Å². The Morgan fingerprint density at radius 3 is 2.62 bits per heavy atom. The average molecular weight is 244 g/mol. The van der Waals surface area contributed by atoms with Gasteiger partial charge in [0.2, 0.25) is 0 Å². The van der Waals surface area contributed by atoms with Crippen LogP contribution in [0.1, 0.15) is 32.0 Å². The van der Waals surface area contributed by atoms with Crippen molar-refractivity contribution < 1.29 is 0 Å². The molecule has 0 aromatic carbocycles. The standard InChI is InChI=1S/C12H22ClN3/c1-10(2)5-11(8-15(3)4)16-9-14-7-12(16)6-13/h7,9-11H,5-6,8H2,1-4H3. The molecular weight excluding hydrogens is 222 g/mol. The summed E-state index contributed by atoms with van der Waals surface area (Å²) in [4.78, 5) is 6.40. The van der Waals surface area contributed by atoms with Crippen LogP contribution >= 0.6 is 11.6 Å². The molecule has 1 aromatic rings. The zero-order valence-corrected chi connectivity index (χ0v) is 11.4. The van der Waals surface area contributed by atoms with Crippen molar-refractivity contribution >= 4 is 11.6 Å². The van der Waals surface area contributed by atoms with Crippen LogP contribution in [0.4, 0.5) is 0 Å². The minimum absolute atomic E-state index is 0.464. The van der Waals surface area contributed by atoms with Gasteiger partial charge in [0, 0.05) is 18.8 Å². The maximum atomic E-state index is 5.92. The molecule has 0 spiro atoms. The third-order valence-corrected chi connectivity index (χ3v) is 2.87. The number of hydrogen-bond donors (Lipinski definition) is 0. The van der Waals surface area contributed by atoms with Crippen molar-refractivity contribution in [1.82, 2.24) is 14.5 Å². The molecule has 0 saturated heterocycles. The van der Waals surface area contributed by atoms with Gasteiger partial charge in [0.25, 0.3) is 0 Å². The molecule has 16 heavy (non-hydrogen) atoms. The second-order valence-corrected chi connectivity index (χ2v) is 5.24. The van der Waals surface area contributed by atoms with Crippen LogP contribution in [-0.2, 0) is 5.88 Å². The molecule has 1 unspecified atom stereocenters. The van der Waals surface area contributed by atoms with Gasteiger partial charge in [0.05, 0.1) is 17.9 Å². The van der Waals surface area contributed by atoms with Gasteiger partial charge in [-0.3, -0.25) is 0 Å². The summed E-state index contributed by atoms with van der Waals surface area (Å²) in [6.07, 6.45) is 4.91. The zero-order valence-electron chi connectivity index (χ0n) is 10.7. The Kier molecular flexibility index (Phi) is 5.29. The summed E-state index contributed by atoms with van der Waals surface area (Å²) in [5.41, 5.74) is 1.11. The van der Waals surface area contributed by atoms with E-state index in [-0.39, 0.29) is 0 Å². The van der Waals surface area contributed by atoms with Crippen LogP contribution in [0.2, 0.25) is 0 Å². The number of nitrogens with zero attached hydrogens (tertiary/aromatic N) is 3. The van der Waals surface area contributed by atoms with Crippen LogP contribution < -0.4 is 0 Å². The Hall–Kier alpha value is -0.540. The summed E-state index contributed by atoms with van der Waals surface area (Å²) in [7, 11) is 4.20. The molecule has 1 rings (SSSR count). The van der Waals surface area contributed by atoms with Crippen molar-refractivity contribution in [2.24, 2.45) is 5.92 Å². The Morgan fingerprint density at radius 1 is 1.44 bits per heavy atom. The van der Waals surface area contributed by atoms with Crippen molar-refractivity contribution in [2.45, 2.75) is 32.2 Å². The first-order valence-corrected chi connectivity index (χ1v) is 6.29. The van der Waals surface area contributed by atoms with E-state index < -0.39 is 0 Å². The molecule has 3 nitrogen and oxygen atoms in total. The van der Waals surface area contributed by atoms with E-state index in [1.165, 1.54) is 0 Å². The monoisotopic (exact) mass is 243 g/mol. The fraction of sp³-hybridized carbons (Fsp3) is 0.750. The van der Waals surface area contributed by atoms with E-state index in [4.69, 9.17) is 11.6 Å². The Morgan fingerprint density at radius 2 is 2.12 bits per heavy atom. The highest BCUT2D eigenvalue weighted by Crippen LogP contribution is 2.21. The number of aromatic nitrogens is 2. The molecule has 1 heterocycles. The smallest absolute Gasteiger partial charge is 0.0951 e. The summed E-state index contributed by atoms with van der Waals surface area (Å²) in [6, 6.07) is 0.464. The fourth-order valence-electron chi connectivity index (χ4n) is 2.01. The first-order valence-electron chi connectivity index (χ1n) is 5.76. The van der Waals surface area contributed by atoms with E-state index in [1.807, 2.05) is 12.5 Å². The first-order chi connectivity index (χ1) is 7.54. The molecule has 1 atom stereocenters. The molecule has 92 valence electrons. The predicted molar refractivity (Wildman–Crippen MR) is 68.8 cm³/mol. The van der Waals surface area contributed by atoms with Crippen LogP contribution in [0.5, 0.6) is 0 Å². The second-order valence-electron chi connectivity index (χ2n) is 4.97. The van der Waals surface area contributed by atoms with Crippen LogP contribution in [0.15, 0.2) is 12.5 Å². The SMILES string of the molecule is CC(C)CC(CN(C)C)n1cncc1CCl. The third-order valence-electron chi connectivity index (χ3n) is 2.60. The molecule has 0 aliphatic rings. The summed E-state index contributed by atoms with van der Waals surface area (Å²) >= 11 is 5.92. The fourth-order valence-corrected chi connectivity index (χ4v) is 2.21. The Labute approximate surface area is 103 Å². The van der Waals surface area contributed by atoms with Gasteiger partial charge in [-0.15, -0.1) is 11.6 Å². The third kappa shape index (κ3) is 3.80. The zero-order chi connectivity index (χ0) is 12.1. The van der Waals surface area contributed by atoms with Gasteiger partial charge in [-0.1, -0.05) is 13.8 Å². The second kappa shape index (κ2) is 6.26. The van der Waals surface area contributed by atoms with Gasteiger partial charge in [0.1, 0.15) is 0 Å². The van der Waals surface area contributed by atoms with E-state index >= 15 is 0 Å².